The van der Waals surface area contributed by atoms with Crippen LogP contribution in [-0.2, 0) is 0 Å². The predicted octanol–water partition coefficient (Wildman–Crippen LogP) is 9.82. The minimum atomic E-state index is 0.560. The summed E-state index contributed by atoms with van der Waals surface area (Å²) in [5, 5.41) is 6.22. The number of para-hydroxylation sites is 2. The maximum absolute atomic E-state index is 6.86. The summed E-state index contributed by atoms with van der Waals surface area (Å²) >= 11 is 0. The third-order valence-corrected chi connectivity index (χ3v) is 7.92. The fraction of sp³-hybridized carbons (Fsp3) is 0. The molecule has 3 aromatic heterocycles. The third kappa shape index (κ3) is 3.34. The van der Waals surface area contributed by atoms with E-state index in [4.69, 9.17) is 23.8 Å². The summed E-state index contributed by atoms with van der Waals surface area (Å²) in [6.45, 7) is 0. The standard InChI is InChI=1S/C37H21N3O2/c1-3-12-22(13-4-1)35-38-36(23-14-5-2-6-15-23)40-37(39-35)28-20-11-19-27-30-24-16-7-8-17-25(24)33-31(34(30)42-32(27)28)26-18-9-10-21-29(26)41-33/h1-21H. The summed E-state index contributed by atoms with van der Waals surface area (Å²) in [7, 11) is 0. The SMILES string of the molecule is c1ccc(-c2nc(-c3ccccc3)nc(-c3cccc4c3oc3c4c4ccccc4c4oc5ccccc5c43)n2)cc1. The summed E-state index contributed by atoms with van der Waals surface area (Å²) in [5.41, 5.74) is 5.86. The fourth-order valence-corrected chi connectivity index (χ4v) is 6.03. The molecular weight excluding hydrogens is 518 g/mol. The lowest BCUT2D eigenvalue weighted by atomic mass is 9.99. The van der Waals surface area contributed by atoms with Crippen LogP contribution >= 0.6 is 0 Å². The number of nitrogens with zero attached hydrogens (tertiary/aromatic N) is 3. The molecule has 0 N–H and O–H groups in total. The van der Waals surface area contributed by atoms with E-state index in [-0.39, 0.29) is 0 Å². The van der Waals surface area contributed by atoms with Gasteiger partial charge in [0.05, 0.1) is 10.9 Å². The van der Waals surface area contributed by atoms with Crippen molar-refractivity contribution in [2.75, 3.05) is 0 Å². The molecule has 0 spiro atoms. The summed E-state index contributed by atoms with van der Waals surface area (Å²) in [5.74, 6) is 1.78. The molecule has 0 aliphatic carbocycles. The molecule has 6 aromatic carbocycles. The van der Waals surface area contributed by atoms with E-state index in [0.29, 0.717) is 17.5 Å². The molecule has 0 saturated heterocycles. The number of hydrogen-bond donors (Lipinski definition) is 0. The molecule has 5 nitrogen and oxygen atoms in total. The van der Waals surface area contributed by atoms with Gasteiger partial charge in [0.25, 0.3) is 0 Å². The molecule has 9 aromatic rings. The van der Waals surface area contributed by atoms with Gasteiger partial charge in [-0.05, 0) is 17.5 Å². The number of aromatic nitrogens is 3. The summed E-state index contributed by atoms with van der Waals surface area (Å²) in [6.07, 6.45) is 0. The molecule has 0 amide bonds. The highest BCUT2D eigenvalue weighted by Gasteiger charge is 2.23. The lowest BCUT2D eigenvalue weighted by molar-refractivity contribution is 0.665. The van der Waals surface area contributed by atoms with E-state index in [9.17, 15) is 0 Å². The zero-order chi connectivity index (χ0) is 27.6. The van der Waals surface area contributed by atoms with Crippen molar-refractivity contribution in [1.29, 1.82) is 0 Å². The number of fused-ring (bicyclic) bond motifs is 10. The molecule has 0 fully saturated rings. The van der Waals surface area contributed by atoms with E-state index in [0.717, 1.165) is 71.3 Å². The third-order valence-electron chi connectivity index (χ3n) is 7.92. The van der Waals surface area contributed by atoms with Crippen LogP contribution < -0.4 is 0 Å². The lowest BCUT2D eigenvalue weighted by Crippen LogP contribution is -2.00. The largest absolute Gasteiger partial charge is 0.455 e. The Morgan fingerprint density at radius 3 is 1.64 bits per heavy atom. The van der Waals surface area contributed by atoms with Gasteiger partial charge in [-0.15, -0.1) is 0 Å². The Bertz CT molecular complexity index is 2400. The van der Waals surface area contributed by atoms with Crippen LogP contribution in [0.25, 0.3) is 88.8 Å². The molecule has 9 rings (SSSR count). The van der Waals surface area contributed by atoms with E-state index < -0.39 is 0 Å². The van der Waals surface area contributed by atoms with Crippen LogP contribution in [-0.4, -0.2) is 15.0 Å². The molecule has 0 radical (unpaired) electrons. The molecule has 0 unspecified atom stereocenters. The average Bonchev–Trinajstić information content (AvgIpc) is 3.65. The Kier molecular flexibility index (Phi) is 4.83. The molecule has 0 aliphatic heterocycles. The Morgan fingerprint density at radius 1 is 0.357 bits per heavy atom. The molecule has 0 bridgehead atoms. The van der Waals surface area contributed by atoms with Crippen LogP contribution in [0.3, 0.4) is 0 Å². The van der Waals surface area contributed by atoms with Crippen molar-refractivity contribution in [3.63, 3.8) is 0 Å². The van der Waals surface area contributed by atoms with Crippen molar-refractivity contribution in [3.05, 3.63) is 127 Å². The summed E-state index contributed by atoms with van der Waals surface area (Å²) in [4.78, 5) is 14.8. The van der Waals surface area contributed by atoms with Crippen molar-refractivity contribution in [2.24, 2.45) is 0 Å². The Morgan fingerprint density at radius 2 is 0.929 bits per heavy atom. The van der Waals surface area contributed by atoms with Gasteiger partial charge < -0.3 is 8.83 Å². The molecule has 0 saturated carbocycles. The maximum atomic E-state index is 6.86. The van der Waals surface area contributed by atoms with Gasteiger partial charge in [0.2, 0.25) is 0 Å². The van der Waals surface area contributed by atoms with Crippen LogP contribution in [0.5, 0.6) is 0 Å². The van der Waals surface area contributed by atoms with Crippen molar-refractivity contribution < 1.29 is 8.83 Å². The highest BCUT2D eigenvalue weighted by molar-refractivity contribution is 6.34. The highest BCUT2D eigenvalue weighted by atomic mass is 16.3. The van der Waals surface area contributed by atoms with Crippen molar-refractivity contribution >= 4 is 54.6 Å². The van der Waals surface area contributed by atoms with Crippen molar-refractivity contribution in [1.82, 2.24) is 15.0 Å². The first-order chi connectivity index (χ1) is 20.8. The number of benzene rings is 6. The second-order valence-electron chi connectivity index (χ2n) is 10.4. The summed E-state index contributed by atoms with van der Waals surface area (Å²) in [6, 6.07) is 42.7. The molecule has 196 valence electrons. The van der Waals surface area contributed by atoms with Crippen LogP contribution in [0, 0.1) is 0 Å². The highest BCUT2D eigenvalue weighted by Crippen LogP contribution is 2.46. The van der Waals surface area contributed by atoms with E-state index in [2.05, 4.69) is 36.4 Å². The Hall–Kier alpha value is -5.81. The zero-order valence-corrected chi connectivity index (χ0v) is 22.3. The van der Waals surface area contributed by atoms with E-state index in [1.807, 2.05) is 91.0 Å². The van der Waals surface area contributed by atoms with Crippen LogP contribution in [0.15, 0.2) is 136 Å². The van der Waals surface area contributed by atoms with Crippen LogP contribution in [0.2, 0.25) is 0 Å². The first-order valence-corrected chi connectivity index (χ1v) is 13.9. The molecule has 5 heteroatoms. The second kappa shape index (κ2) is 8.85. The van der Waals surface area contributed by atoms with E-state index >= 15 is 0 Å². The normalized spacial score (nSPS) is 11.8. The fourth-order valence-electron chi connectivity index (χ4n) is 6.03. The van der Waals surface area contributed by atoms with Crippen LogP contribution in [0.4, 0.5) is 0 Å². The van der Waals surface area contributed by atoms with Gasteiger partial charge in [0, 0.05) is 32.7 Å². The van der Waals surface area contributed by atoms with Gasteiger partial charge in [-0.25, -0.2) is 15.0 Å². The number of rotatable bonds is 3. The van der Waals surface area contributed by atoms with Crippen molar-refractivity contribution in [2.45, 2.75) is 0 Å². The van der Waals surface area contributed by atoms with Gasteiger partial charge in [0.1, 0.15) is 22.3 Å². The van der Waals surface area contributed by atoms with Crippen molar-refractivity contribution in [3.8, 4) is 34.2 Å². The monoisotopic (exact) mass is 539 g/mol. The quantitative estimate of drug-likeness (QED) is 0.224. The minimum absolute atomic E-state index is 0.560. The molecule has 3 heterocycles. The Labute approximate surface area is 239 Å². The lowest BCUT2D eigenvalue weighted by Gasteiger charge is -2.08. The average molecular weight is 540 g/mol. The molecule has 42 heavy (non-hydrogen) atoms. The van der Waals surface area contributed by atoms with E-state index in [1.54, 1.807) is 0 Å². The topological polar surface area (TPSA) is 65.0 Å². The molecule has 0 atom stereocenters. The van der Waals surface area contributed by atoms with Gasteiger partial charge in [-0.1, -0.05) is 115 Å². The van der Waals surface area contributed by atoms with Crippen LogP contribution in [0.1, 0.15) is 0 Å². The maximum Gasteiger partial charge on any atom is 0.167 e. The summed E-state index contributed by atoms with van der Waals surface area (Å²) < 4.78 is 13.3. The van der Waals surface area contributed by atoms with Gasteiger partial charge in [-0.2, -0.15) is 0 Å². The number of hydrogen-bond acceptors (Lipinski definition) is 5. The van der Waals surface area contributed by atoms with E-state index in [1.165, 1.54) is 0 Å². The second-order valence-corrected chi connectivity index (χ2v) is 10.4. The molecule has 0 aliphatic rings. The van der Waals surface area contributed by atoms with Gasteiger partial charge in [0.15, 0.2) is 17.5 Å². The predicted molar refractivity (Wildman–Crippen MR) is 168 cm³/mol. The smallest absolute Gasteiger partial charge is 0.167 e. The van der Waals surface area contributed by atoms with Gasteiger partial charge in [-0.3, -0.25) is 0 Å². The first-order valence-electron chi connectivity index (χ1n) is 13.9. The number of furan rings is 2. The first kappa shape index (κ1) is 22.9. The Balaban J connectivity index is 1.40. The minimum Gasteiger partial charge on any atom is -0.455 e. The zero-order valence-electron chi connectivity index (χ0n) is 22.3. The molecular formula is C37H21N3O2. The van der Waals surface area contributed by atoms with Gasteiger partial charge >= 0.3 is 0 Å².